The van der Waals surface area contributed by atoms with E-state index in [-0.39, 0.29) is 6.61 Å². The molecule has 0 fully saturated rings. The van der Waals surface area contributed by atoms with Crippen molar-refractivity contribution in [1.29, 1.82) is 0 Å². The maximum absolute atomic E-state index is 9.10. The highest BCUT2D eigenvalue weighted by molar-refractivity contribution is 9.10. The van der Waals surface area contributed by atoms with Crippen molar-refractivity contribution in [3.8, 4) is 5.69 Å². The molecular formula is C13H10BrN3O. The predicted molar refractivity (Wildman–Crippen MR) is 72.5 cm³/mol. The first kappa shape index (κ1) is 11.4. The van der Waals surface area contributed by atoms with Gasteiger partial charge in [0.15, 0.2) is 0 Å². The summed E-state index contributed by atoms with van der Waals surface area (Å²) in [6.07, 6.45) is 0. The highest BCUT2D eigenvalue weighted by Gasteiger charge is 2.09. The maximum atomic E-state index is 9.10. The van der Waals surface area contributed by atoms with Crippen LogP contribution < -0.4 is 0 Å². The van der Waals surface area contributed by atoms with Gasteiger partial charge in [0.2, 0.25) is 0 Å². The van der Waals surface area contributed by atoms with Crippen molar-refractivity contribution in [2.75, 3.05) is 0 Å². The minimum atomic E-state index is 0.0248. The molecule has 5 heteroatoms. The summed E-state index contributed by atoms with van der Waals surface area (Å²) in [4.78, 5) is 0. The third-order valence-corrected chi connectivity index (χ3v) is 3.41. The molecule has 4 nitrogen and oxygen atoms in total. The second-order valence-electron chi connectivity index (χ2n) is 3.93. The molecule has 0 radical (unpaired) electrons. The van der Waals surface area contributed by atoms with Crippen molar-refractivity contribution in [2.24, 2.45) is 0 Å². The summed E-state index contributed by atoms with van der Waals surface area (Å²) >= 11 is 3.50. The van der Waals surface area contributed by atoms with E-state index >= 15 is 0 Å². The molecule has 0 atom stereocenters. The first-order chi connectivity index (χ1) is 8.79. The van der Waals surface area contributed by atoms with E-state index in [4.69, 9.17) is 5.11 Å². The molecule has 0 aliphatic heterocycles. The summed E-state index contributed by atoms with van der Waals surface area (Å²) in [6.45, 7) is 0.0248. The standard InChI is InChI=1S/C13H10BrN3O/c14-10-7-9(8-18)5-6-12(10)17-13-4-2-1-3-11(13)15-16-17/h1-7,18H,8H2. The van der Waals surface area contributed by atoms with Gasteiger partial charge in [0.05, 0.1) is 17.8 Å². The van der Waals surface area contributed by atoms with E-state index in [1.165, 1.54) is 0 Å². The SMILES string of the molecule is OCc1ccc(-n2nnc3ccccc32)c(Br)c1. The number of aliphatic hydroxyl groups is 1. The minimum Gasteiger partial charge on any atom is -0.392 e. The second-order valence-corrected chi connectivity index (χ2v) is 4.79. The number of nitrogens with zero attached hydrogens (tertiary/aromatic N) is 3. The molecule has 90 valence electrons. The largest absolute Gasteiger partial charge is 0.392 e. The second kappa shape index (κ2) is 4.51. The molecule has 3 rings (SSSR count). The van der Waals surface area contributed by atoms with Crippen LogP contribution in [0.15, 0.2) is 46.9 Å². The van der Waals surface area contributed by atoms with Crippen LogP contribution in [0.1, 0.15) is 5.56 Å². The normalized spacial score (nSPS) is 11.0. The van der Waals surface area contributed by atoms with E-state index in [0.717, 1.165) is 26.8 Å². The van der Waals surface area contributed by atoms with Crippen molar-refractivity contribution >= 4 is 27.0 Å². The zero-order valence-corrected chi connectivity index (χ0v) is 11.0. The summed E-state index contributed by atoms with van der Waals surface area (Å²) in [5.74, 6) is 0. The van der Waals surface area contributed by atoms with Crippen molar-refractivity contribution < 1.29 is 5.11 Å². The van der Waals surface area contributed by atoms with Crippen LogP contribution in [0.5, 0.6) is 0 Å². The Balaban J connectivity index is 2.20. The van der Waals surface area contributed by atoms with E-state index in [2.05, 4.69) is 26.2 Å². The fourth-order valence-corrected chi connectivity index (χ4v) is 2.46. The molecule has 18 heavy (non-hydrogen) atoms. The Morgan fingerprint density at radius 1 is 1.17 bits per heavy atom. The van der Waals surface area contributed by atoms with Gasteiger partial charge in [-0.15, -0.1) is 5.10 Å². The van der Waals surface area contributed by atoms with Gasteiger partial charge in [0.25, 0.3) is 0 Å². The summed E-state index contributed by atoms with van der Waals surface area (Å²) in [5.41, 5.74) is 3.57. The Hall–Kier alpha value is -1.72. The number of halogens is 1. The Labute approximate surface area is 112 Å². The average Bonchev–Trinajstić information content (AvgIpc) is 2.82. The predicted octanol–water partition coefficient (Wildman–Crippen LogP) is 2.68. The van der Waals surface area contributed by atoms with E-state index in [1.807, 2.05) is 42.5 Å². The fourth-order valence-electron chi connectivity index (χ4n) is 1.87. The Kier molecular flexibility index (Phi) is 2.85. The van der Waals surface area contributed by atoms with Gasteiger partial charge in [0, 0.05) is 4.47 Å². The van der Waals surface area contributed by atoms with E-state index in [0.29, 0.717) is 0 Å². The number of aliphatic hydroxyl groups excluding tert-OH is 1. The van der Waals surface area contributed by atoms with Gasteiger partial charge >= 0.3 is 0 Å². The van der Waals surface area contributed by atoms with E-state index in [9.17, 15) is 0 Å². The van der Waals surface area contributed by atoms with Gasteiger partial charge in [0.1, 0.15) is 5.52 Å². The lowest BCUT2D eigenvalue weighted by molar-refractivity contribution is 0.282. The molecule has 0 spiro atoms. The Morgan fingerprint density at radius 3 is 2.78 bits per heavy atom. The zero-order valence-electron chi connectivity index (χ0n) is 9.42. The Morgan fingerprint density at radius 2 is 2.00 bits per heavy atom. The molecule has 2 aromatic carbocycles. The molecular weight excluding hydrogens is 294 g/mol. The molecule has 1 N–H and O–H groups in total. The lowest BCUT2D eigenvalue weighted by Gasteiger charge is -2.06. The quantitative estimate of drug-likeness (QED) is 0.792. The Bertz CT molecular complexity index is 708. The number of benzene rings is 2. The molecule has 0 unspecified atom stereocenters. The van der Waals surface area contributed by atoms with Gasteiger partial charge in [-0.05, 0) is 45.8 Å². The molecule has 0 saturated heterocycles. The summed E-state index contributed by atoms with van der Waals surface area (Å²) in [7, 11) is 0. The average molecular weight is 304 g/mol. The fraction of sp³-hybridized carbons (Fsp3) is 0.0769. The van der Waals surface area contributed by atoms with E-state index in [1.54, 1.807) is 4.68 Å². The first-order valence-electron chi connectivity index (χ1n) is 5.49. The van der Waals surface area contributed by atoms with Crippen LogP contribution >= 0.6 is 15.9 Å². The molecule has 1 aromatic heterocycles. The monoisotopic (exact) mass is 303 g/mol. The van der Waals surface area contributed by atoms with Gasteiger partial charge in [-0.1, -0.05) is 23.4 Å². The van der Waals surface area contributed by atoms with E-state index < -0.39 is 0 Å². The van der Waals surface area contributed by atoms with Crippen LogP contribution in [-0.4, -0.2) is 20.1 Å². The number of aromatic nitrogens is 3. The first-order valence-corrected chi connectivity index (χ1v) is 6.29. The van der Waals surface area contributed by atoms with Gasteiger partial charge in [-0.3, -0.25) is 0 Å². The minimum absolute atomic E-state index is 0.0248. The number of fused-ring (bicyclic) bond motifs is 1. The highest BCUT2D eigenvalue weighted by atomic mass is 79.9. The molecule has 1 heterocycles. The van der Waals surface area contributed by atoms with Crippen molar-refractivity contribution in [3.63, 3.8) is 0 Å². The third-order valence-electron chi connectivity index (χ3n) is 2.77. The lowest BCUT2D eigenvalue weighted by atomic mass is 10.2. The van der Waals surface area contributed by atoms with Crippen molar-refractivity contribution in [3.05, 3.63) is 52.5 Å². The topological polar surface area (TPSA) is 50.9 Å². The zero-order chi connectivity index (χ0) is 12.5. The smallest absolute Gasteiger partial charge is 0.113 e. The van der Waals surface area contributed by atoms with Crippen LogP contribution in [0.3, 0.4) is 0 Å². The molecule has 0 amide bonds. The van der Waals surface area contributed by atoms with Gasteiger partial charge < -0.3 is 5.11 Å². The maximum Gasteiger partial charge on any atom is 0.113 e. The third kappa shape index (κ3) is 1.81. The van der Waals surface area contributed by atoms with Crippen molar-refractivity contribution in [2.45, 2.75) is 6.61 Å². The summed E-state index contributed by atoms with van der Waals surface area (Å²) < 4.78 is 2.66. The van der Waals surface area contributed by atoms with Crippen LogP contribution in [-0.2, 0) is 6.61 Å². The number of hydrogen-bond donors (Lipinski definition) is 1. The van der Waals surface area contributed by atoms with Crippen LogP contribution in [0.25, 0.3) is 16.7 Å². The molecule has 0 aliphatic rings. The van der Waals surface area contributed by atoms with Gasteiger partial charge in [-0.2, -0.15) is 0 Å². The lowest BCUT2D eigenvalue weighted by Crippen LogP contribution is -1.98. The number of hydrogen-bond acceptors (Lipinski definition) is 3. The molecule has 0 saturated carbocycles. The van der Waals surface area contributed by atoms with Gasteiger partial charge in [-0.25, -0.2) is 4.68 Å². The summed E-state index contributed by atoms with van der Waals surface area (Å²) in [5, 5.41) is 17.4. The molecule has 3 aromatic rings. The highest BCUT2D eigenvalue weighted by Crippen LogP contribution is 2.24. The van der Waals surface area contributed by atoms with Crippen molar-refractivity contribution in [1.82, 2.24) is 15.0 Å². The summed E-state index contributed by atoms with van der Waals surface area (Å²) in [6, 6.07) is 13.5. The molecule has 0 aliphatic carbocycles. The van der Waals surface area contributed by atoms with Crippen LogP contribution in [0, 0.1) is 0 Å². The number of rotatable bonds is 2. The number of para-hydroxylation sites is 1. The molecule has 0 bridgehead atoms. The van der Waals surface area contributed by atoms with Crippen LogP contribution in [0.2, 0.25) is 0 Å². The van der Waals surface area contributed by atoms with Crippen LogP contribution in [0.4, 0.5) is 0 Å².